The molecule has 112 valence electrons. The standard InChI is InChI=1S/C17H28N2O/c18-15-4-2-1-3-14(15)17(20)19-16-12-6-10-5-11(8-12)9-13(16)7-10/h10-16H,1-9,18H2,(H,19,20). The summed E-state index contributed by atoms with van der Waals surface area (Å²) in [6.45, 7) is 0. The zero-order valence-electron chi connectivity index (χ0n) is 12.4. The Hall–Kier alpha value is -0.570. The summed E-state index contributed by atoms with van der Waals surface area (Å²) in [5, 5.41) is 3.44. The molecular weight excluding hydrogens is 248 g/mol. The minimum atomic E-state index is 0.0842. The molecule has 3 heteroatoms. The molecule has 5 fully saturated rings. The van der Waals surface area contributed by atoms with Crippen LogP contribution in [0.15, 0.2) is 0 Å². The van der Waals surface area contributed by atoms with E-state index < -0.39 is 0 Å². The lowest BCUT2D eigenvalue weighted by Crippen LogP contribution is -2.58. The van der Waals surface area contributed by atoms with Crippen LogP contribution in [0.2, 0.25) is 0 Å². The molecule has 0 aliphatic heterocycles. The highest BCUT2D eigenvalue weighted by Gasteiger charge is 2.49. The van der Waals surface area contributed by atoms with Crippen LogP contribution in [0.1, 0.15) is 57.8 Å². The molecule has 4 bridgehead atoms. The van der Waals surface area contributed by atoms with Gasteiger partial charge in [0.05, 0.1) is 5.92 Å². The van der Waals surface area contributed by atoms with Crippen LogP contribution in [0.25, 0.3) is 0 Å². The summed E-state index contributed by atoms with van der Waals surface area (Å²) in [6, 6.07) is 0.574. The van der Waals surface area contributed by atoms with Gasteiger partial charge in [-0.2, -0.15) is 0 Å². The highest BCUT2D eigenvalue weighted by molar-refractivity contribution is 5.80. The SMILES string of the molecule is NC1CCCCC1C(=O)NC1C2CC3CC(C2)CC1C3. The monoisotopic (exact) mass is 276 g/mol. The van der Waals surface area contributed by atoms with Crippen molar-refractivity contribution >= 4 is 5.91 Å². The number of nitrogens with one attached hydrogen (secondary N) is 1. The molecule has 0 spiro atoms. The number of amides is 1. The summed E-state index contributed by atoms with van der Waals surface area (Å²) < 4.78 is 0. The lowest BCUT2D eigenvalue weighted by atomic mass is 9.54. The summed E-state index contributed by atoms with van der Waals surface area (Å²) >= 11 is 0. The van der Waals surface area contributed by atoms with Crippen LogP contribution in [-0.2, 0) is 4.79 Å². The fraction of sp³-hybridized carbons (Fsp3) is 0.941. The predicted molar refractivity (Wildman–Crippen MR) is 78.9 cm³/mol. The van der Waals surface area contributed by atoms with E-state index in [9.17, 15) is 4.79 Å². The van der Waals surface area contributed by atoms with Gasteiger partial charge in [-0.25, -0.2) is 0 Å². The van der Waals surface area contributed by atoms with Crippen molar-refractivity contribution < 1.29 is 4.79 Å². The van der Waals surface area contributed by atoms with Crippen molar-refractivity contribution in [2.24, 2.45) is 35.3 Å². The Kier molecular flexibility index (Phi) is 3.29. The molecule has 3 N–H and O–H groups in total. The zero-order valence-corrected chi connectivity index (χ0v) is 12.4. The number of carbonyl (C=O) groups is 1. The molecule has 5 aliphatic carbocycles. The molecule has 1 amide bonds. The summed E-state index contributed by atoms with van der Waals surface area (Å²) in [6.07, 6.45) is 11.4. The molecule has 5 rings (SSSR count). The van der Waals surface area contributed by atoms with Crippen LogP contribution in [0, 0.1) is 29.6 Å². The van der Waals surface area contributed by atoms with Gasteiger partial charge in [-0.05, 0) is 68.6 Å². The molecule has 20 heavy (non-hydrogen) atoms. The second-order valence-electron chi connectivity index (χ2n) is 8.02. The van der Waals surface area contributed by atoms with Gasteiger partial charge in [-0.3, -0.25) is 4.79 Å². The van der Waals surface area contributed by atoms with Crippen molar-refractivity contribution in [2.45, 2.75) is 69.9 Å². The zero-order chi connectivity index (χ0) is 13.7. The number of rotatable bonds is 2. The van der Waals surface area contributed by atoms with Gasteiger partial charge >= 0.3 is 0 Å². The van der Waals surface area contributed by atoms with Gasteiger partial charge in [0, 0.05) is 12.1 Å². The molecule has 0 heterocycles. The maximum absolute atomic E-state index is 12.6. The number of carbonyl (C=O) groups excluding carboxylic acids is 1. The highest BCUT2D eigenvalue weighted by Crippen LogP contribution is 2.53. The normalized spacial score (nSPS) is 50.1. The van der Waals surface area contributed by atoms with Crippen molar-refractivity contribution in [3.8, 4) is 0 Å². The summed E-state index contributed by atoms with van der Waals surface area (Å²) in [5.41, 5.74) is 6.17. The number of nitrogens with two attached hydrogens (primary N) is 1. The first-order valence-corrected chi connectivity index (χ1v) is 8.76. The van der Waals surface area contributed by atoms with Crippen molar-refractivity contribution in [1.29, 1.82) is 0 Å². The van der Waals surface area contributed by atoms with Crippen LogP contribution < -0.4 is 11.1 Å². The average molecular weight is 276 g/mol. The van der Waals surface area contributed by atoms with E-state index in [1.807, 2.05) is 0 Å². The minimum Gasteiger partial charge on any atom is -0.353 e. The van der Waals surface area contributed by atoms with Crippen molar-refractivity contribution in [1.82, 2.24) is 5.32 Å². The van der Waals surface area contributed by atoms with Gasteiger partial charge in [-0.15, -0.1) is 0 Å². The fourth-order valence-corrected chi connectivity index (χ4v) is 5.92. The van der Waals surface area contributed by atoms with Gasteiger partial charge in [0.2, 0.25) is 5.91 Å². The van der Waals surface area contributed by atoms with E-state index >= 15 is 0 Å². The quantitative estimate of drug-likeness (QED) is 0.814. The highest BCUT2D eigenvalue weighted by atomic mass is 16.2. The lowest BCUT2D eigenvalue weighted by Gasteiger charge is -2.54. The summed E-state index contributed by atoms with van der Waals surface area (Å²) in [7, 11) is 0. The van der Waals surface area contributed by atoms with E-state index in [1.54, 1.807) is 0 Å². The second kappa shape index (κ2) is 5.01. The van der Waals surface area contributed by atoms with E-state index in [2.05, 4.69) is 5.32 Å². The molecule has 0 radical (unpaired) electrons. The Bertz CT molecular complexity index is 366. The number of hydrogen-bond donors (Lipinski definition) is 2. The topological polar surface area (TPSA) is 55.1 Å². The fourth-order valence-electron chi connectivity index (χ4n) is 5.92. The molecule has 5 aliphatic rings. The van der Waals surface area contributed by atoms with E-state index in [1.165, 1.54) is 44.9 Å². The third-order valence-electron chi connectivity index (χ3n) is 6.69. The molecule has 3 nitrogen and oxygen atoms in total. The van der Waals surface area contributed by atoms with Crippen LogP contribution in [-0.4, -0.2) is 18.0 Å². The molecule has 0 aromatic rings. The Morgan fingerprint density at radius 2 is 1.50 bits per heavy atom. The van der Waals surface area contributed by atoms with Crippen molar-refractivity contribution in [3.63, 3.8) is 0 Å². The maximum atomic E-state index is 12.6. The van der Waals surface area contributed by atoms with E-state index in [-0.39, 0.29) is 17.9 Å². The largest absolute Gasteiger partial charge is 0.353 e. The molecule has 2 atom stereocenters. The lowest BCUT2D eigenvalue weighted by molar-refractivity contribution is -0.130. The molecule has 0 aromatic carbocycles. The van der Waals surface area contributed by atoms with E-state index in [4.69, 9.17) is 5.73 Å². The van der Waals surface area contributed by atoms with Crippen molar-refractivity contribution in [3.05, 3.63) is 0 Å². The Morgan fingerprint density at radius 3 is 2.10 bits per heavy atom. The van der Waals surface area contributed by atoms with Crippen LogP contribution in [0.4, 0.5) is 0 Å². The maximum Gasteiger partial charge on any atom is 0.224 e. The summed E-state index contributed by atoms with van der Waals surface area (Å²) in [5.74, 6) is 3.85. The molecule has 2 unspecified atom stereocenters. The average Bonchev–Trinajstić information content (AvgIpc) is 2.42. The predicted octanol–water partition coefficient (Wildman–Crippen LogP) is 2.44. The first-order valence-electron chi connectivity index (χ1n) is 8.76. The van der Waals surface area contributed by atoms with Gasteiger partial charge in [0.1, 0.15) is 0 Å². The Morgan fingerprint density at radius 1 is 0.900 bits per heavy atom. The van der Waals surface area contributed by atoms with Gasteiger partial charge in [0.15, 0.2) is 0 Å². The third kappa shape index (κ3) is 2.18. The molecule has 0 aromatic heterocycles. The summed E-state index contributed by atoms with van der Waals surface area (Å²) in [4.78, 5) is 12.6. The molecular formula is C17H28N2O. The van der Waals surface area contributed by atoms with Gasteiger partial charge in [-0.1, -0.05) is 12.8 Å². The number of hydrogen-bond acceptors (Lipinski definition) is 2. The van der Waals surface area contributed by atoms with E-state index in [0.717, 1.165) is 36.5 Å². The van der Waals surface area contributed by atoms with Crippen molar-refractivity contribution in [2.75, 3.05) is 0 Å². The van der Waals surface area contributed by atoms with Crippen LogP contribution in [0.3, 0.4) is 0 Å². The second-order valence-corrected chi connectivity index (χ2v) is 8.02. The smallest absolute Gasteiger partial charge is 0.224 e. The van der Waals surface area contributed by atoms with Gasteiger partial charge in [0.25, 0.3) is 0 Å². The Labute approximate surface area is 122 Å². The first-order chi connectivity index (χ1) is 9.70. The molecule has 5 saturated carbocycles. The van der Waals surface area contributed by atoms with E-state index in [0.29, 0.717) is 6.04 Å². The first kappa shape index (κ1) is 13.1. The molecule has 0 saturated heterocycles. The third-order valence-corrected chi connectivity index (χ3v) is 6.69. The van der Waals surface area contributed by atoms with Crippen LogP contribution in [0.5, 0.6) is 0 Å². The minimum absolute atomic E-state index is 0.0842. The van der Waals surface area contributed by atoms with Crippen LogP contribution >= 0.6 is 0 Å². The van der Waals surface area contributed by atoms with Gasteiger partial charge < -0.3 is 11.1 Å². The Balaban J connectivity index is 1.42.